The van der Waals surface area contributed by atoms with Crippen LogP contribution in [0.3, 0.4) is 0 Å². The van der Waals surface area contributed by atoms with Gasteiger partial charge in [-0.25, -0.2) is 0 Å². The van der Waals surface area contributed by atoms with Gasteiger partial charge in [-0.2, -0.15) is 0 Å². The maximum Gasteiger partial charge on any atom is 0.242 e. The Labute approximate surface area is 185 Å². The zero-order valence-corrected chi connectivity index (χ0v) is 18.8. The van der Waals surface area contributed by atoms with Crippen molar-refractivity contribution in [2.75, 3.05) is 23.8 Å². The molecule has 0 bridgehead atoms. The molecule has 0 aliphatic rings. The number of anilines is 2. The maximum atomic E-state index is 13.2. The Hall–Kier alpha value is -2.58. The van der Waals surface area contributed by atoms with Gasteiger partial charge in [-0.15, -0.1) is 10.2 Å². The Morgan fingerprint density at radius 1 is 1.10 bits per heavy atom. The first-order valence-electron chi connectivity index (χ1n) is 10.0. The van der Waals surface area contributed by atoms with Gasteiger partial charge in [0.25, 0.3) is 0 Å². The molecule has 0 spiro atoms. The number of amides is 1. The normalized spacial score (nSPS) is 11.7. The average molecular weight is 443 g/mol. The van der Waals surface area contributed by atoms with E-state index in [2.05, 4.69) is 27.8 Å². The number of para-hydroxylation sites is 2. The third-order valence-corrected chi connectivity index (χ3v) is 6.44. The van der Waals surface area contributed by atoms with E-state index >= 15 is 0 Å². The lowest BCUT2D eigenvalue weighted by atomic mass is 10.1. The number of rotatable bonds is 11. The SMILES string of the molecule is CCCCNc1nnc(SC(C(=O)Nc2ccccc2OCC)c2ccccc2)s1. The van der Waals surface area contributed by atoms with E-state index in [0.717, 1.165) is 34.4 Å². The molecule has 8 heteroatoms. The lowest BCUT2D eigenvalue weighted by Gasteiger charge is -2.17. The zero-order chi connectivity index (χ0) is 21.2. The van der Waals surface area contributed by atoms with E-state index in [0.29, 0.717) is 18.0 Å². The number of nitrogens with zero attached hydrogens (tertiary/aromatic N) is 2. The Morgan fingerprint density at radius 3 is 2.63 bits per heavy atom. The lowest BCUT2D eigenvalue weighted by Crippen LogP contribution is -2.19. The highest BCUT2D eigenvalue weighted by Gasteiger charge is 2.25. The van der Waals surface area contributed by atoms with Gasteiger partial charge in [0.2, 0.25) is 11.0 Å². The van der Waals surface area contributed by atoms with E-state index in [4.69, 9.17) is 4.74 Å². The van der Waals surface area contributed by atoms with Crippen LogP contribution in [-0.2, 0) is 4.79 Å². The number of hydrogen-bond acceptors (Lipinski definition) is 7. The Balaban J connectivity index is 1.77. The highest BCUT2D eigenvalue weighted by Crippen LogP contribution is 2.39. The van der Waals surface area contributed by atoms with E-state index in [1.807, 2.05) is 61.5 Å². The highest BCUT2D eigenvalue weighted by molar-refractivity contribution is 8.02. The molecular formula is C22H26N4O2S2. The van der Waals surface area contributed by atoms with Gasteiger partial charge in [0.1, 0.15) is 11.0 Å². The minimum atomic E-state index is -0.461. The van der Waals surface area contributed by atoms with Crippen molar-refractivity contribution in [3.05, 3.63) is 60.2 Å². The molecule has 30 heavy (non-hydrogen) atoms. The summed E-state index contributed by atoms with van der Waals surface area (Å²) in [5.74, 6) is 0.525. The summed E-state index contributed by atoms with van der Waals surface area (Å²) in [5, 5.41) is 15.1. The van der Waals surface area contributed by atoms with Gasteiger partial charge in [0, 0.05) is 6.54 Å². The predicted octanol–water partition coefficient (Wildman–Crippen LogP) is 5.62. The molecule has 158 valence electrons. The number of benzene rings is 2. The molecule has 1 unspecified atom stereocenters. The van der Waals surface area contributed by atoms with Gasteiger partial charge in [-0.05, 0) is 31.0 Å². The molecule has 2 N–H and O–H groups in total. The minimum Gasteiger partial charge on any atom is -0.492 e. The summed E-state index contributed by atoms with van der Waals surface area (Å²) < 4.78 is 6.39. The molecule has 0 aliphatic carbocycles. The summed E-state index contributed by atoms with van der Waals surface area (Å²) in [7, 11) is 0. The van der Waals surface area contributed by atoms with Crippen molar-refractivity contribution in [1.82, 2.24) is 10.2 Å². The van der Waals surface area contributed by atoms with Crippen LogP contribution in [0.15, 0.2) is 58.9 Å². The first kappa shape index (κ1) is 22.1. The van der Waals surface area contributed by atoms with Crippen molar-refractivity contribution in [3.8, 4) is 5.75 Å². The summed E-state index contributed by atoms with van der Waals surface area (Å²) in [5.41, 5.74) is 1.56. The number of thioether (sulfide) groups is 1. The fraction of sp³-hybridized carbons (Fsp3) is 0.318. The van der Waals surface area contributed by atoms with Gasteiger partial charge in [-0.3, -0.25) is 4.79 Å². The zero-order valence-electron chi connectivity index (χ0n) is 17.1. The van der Waals surface area contributed by atoms with E-state index in [-0.39, 0.29) is 5.91 Å². The molecule has 3 aromatic rings. The second-order valence-corrected chi connectivity index (χ2v) is 8.81. The number of nitrogens with one attached hydrogen (secondary N) is 2. The van der Waals surface area contributed by atoms with E-state index < -0.39 is 5.25 Å². The Bertz CT molecular complexity index is 934. The minimum absolute atomic E-state index is 0.131. The molecule has 1 heterocycles. The van der Waals surface area contributed by atoms with Crippen molar-refractivity contribution in [1.29, 1.82) is 0 Å². The Morgan fingerprint density at radius 2 is 1.87 bits per heavy atom. The molecule has 0 radical (unpaired) electrons. The highest BCUT2D eigenvalue weighted by atomic mass is 32.2. The monoisotopic (exact) mass is 442 g/mol. The molecule has 0 aliphatic heterocycles. The van der Waals surface area contributed by atoms with Crippen LogP contribution in [0.1, 0.15) is 37.5 Å². The number of carbonyl (C=O) groups is 1. The number of carbonyl (C=O) groups excluding carboxylic acids is 1. The smallest absolute Gasteiger partial charge is 0.242 e. The van der Waals surface area contributed by atoms with Crippen molar-refractivity contribution >= 4 is 39.8 Å². The van der Waals surface area contributed by atoms with Crippen molar-refractivity contribution in [2.45, 2.75) is 36.3 Å². The van der Waals surface area contributed by atoms with Crippen LogP contribution >= 0.6 is 23.1 Å². The maximum absolute atomic E-state index is 13.2. The van der Waals surface area contributed by atoms with E-state index in [1.165, 1.54) is 23.1 Å². The van der Waals surface area contributed by atoms with Gasteiger partial charge < -0.3 is 15.4 Å². The van der Waals surface area contributed by atoms with E-state index in [1.54, 1.807) is 0 Å². The first-order valence-corrected chi connectivity index (χ1v) is 11.7. The number of hydrogen-bond donors (Lipinski definition) is 2. The van der Waals surface area contributed by atoms with Crippen LogP contribution in [-0.4, -0.2) is 29.3 Å². The third kappa shape index (κ3) is 6.21. The quantitative estimate of drug-likeness (QED) is 0.296. The summed E-state index contributed by atoms with van der Waals surface area (Å²) in [4.78, 5) is 13.2. The Kier molecular flexibility index (Phi) is 8.53. The van der Waals surface area contributed by atoms with Crippen LogP contribution in [0.5, 0.6) is 5.75 Å². The van der Waals surface area contributed by atoms with E-state index in [9.17, 15) is 4.79 Å². The molecule has 1 atom stereocenters. The molecule has 1 amide bonds. The van der Waals surface area contributed by atoms with Crippen LogP contribution in [0, 0.1) is 0 Å². The fourth-order valence-electron chi connectivity index (χ4n) is 2.75. The van der Waals surface area contributed by atoms with Gasteiger partial charge >= 0.3 is 0 Å². The standard InChI is InChI=1S/C22H26N4O2S2/c1-3-5-15-23-21-25-26-22(30-21)29-19(16-11-7-6-8-12-16)20(27)24-17-13-9-10-14-18(17)28-4-2/h6-14,19H,3-5,15H2,1-2H3,(H,23,25)(H,24,27). The third-order valence-electron chi connectivity index (χ3n) is 4.22. The molecule has 0 fully saturated rings. The van der Waals surface area contributed by atoms with Crippen molar-refractivity contribution in [2.24, 2.45) is 0 Å². The van der Waals surface area contributed by atoms with Gasteiger partial charge in [0.15, 0.2) is 4.34 Å². The van der Waals surface area contributed by atoms with Gasteiger partial charge in [0.05, 0.1) is 12.3 Å². The first-order chi connectivity index (χ1) is 14.7. The van der Waals surface area contributed by atoms with Crippen molar-refractivity contribution in [3.63, 3.8) is 0 Å². The van der Waals surface area contributed by atoms with Crippen LogP contribution in [0.2, 0.25) is 0 Å². The second kappa shape index (κ2) is 11.6. The van der Waals surface area contributed by atoms with Crippen LogP contribution in [0.25, 0.3) is 0 Å². The summed E-state index contributed by atoms with van der Waals surface area (Å²) >= 11 is 2.87. The summed E-state index contributed by atoms with van der Waals surface area (Å²) in [6.45, 7) is 5.47. The average Bonchev–Trinajstić information content (AvgIpc) is 3.22. The lowest BCUT2D eigenvalue weighted by molar-refractivity contribution is -0.115. The van der Waals surface area contributed by atoms with Gasteiger partial charge in [-0.1, -0.05) is 78.9 Å². The largest absolute Gasteiger partial charge is 0.492 e. The number of unbranched alkanes of at least 4 members (excludes halogenated alkanes) is 1. The number of aromatic nitrogens is 2. The molecule has 1 aromatic heterocycles. The second-order valence-electron chi connectivity index (χ2n) is 6.48. The molecular weight excluding hydrogens is 416 g/mol. The molecule has 3 rings (SSSR count). The predicted molar refractivity (Wildman–Crippen MR) is 125 cm³/mol. The molecule has 6 nitrogen and oxygen atoms in total. The molecule has 2 aromatic carbocycles. The fourth-order valence-corrected chi connectivity index (χ4v) is 4.72. The van der Waals surface area contributed by atoms with Crippen molar-refractivity contribution < 1.29 is 9.53 Å². The number of ether oxygens (including phenoxy) is 1. The molecule has 0 saturated carbocycles. The van der Waals surface area contributed by atoms with Crippen LogP contribution < -0.4 is 15.4 Å². The van der Waals surface area contributed by atoms with Crippen LogP contribution in [0.4, 0.5) is 10.8 Å². The summed E-state index contributed by atoms with van der Waals surface area (Å²) in [6.07, 6.45) is 2.20. The summed E-state index contributed by atoms with van der Waals surface area (Å²) in [6, 6.07) is 17.2. The topological polar surface area (TPSA) is 76.1 Å². The molecule has 0 saturated heterocycles.